The van der Waals surface area contributed by atoms with Crippen molar-refractivity contribution in [3.63, 3.8) is 0 Å². The first-order valence-electron chi connectivity index (χ1n) is 7.41. The fraction of sp³-hybridized carbons (Fsp3) is 0.467. The van der Waals surface area contributed by atoms with Gasteiger partial charge in [0.25, 0.3) is 0 Å². The SMILES string of the molecule is O=C(NC1CCS(=O)(=O)C1)C1CC(=O)N(c2ccc(Cl)cc2)C1. The number of sulfone groups is 1. The summed E-state index contributed by atoms with van der Waals surface area (Å²) in [6.07, 6.45) is 0.573. The van der Waals surface area contributed by atoms with E-state index in [-0.39, 0.29) is 35.8 Å². The van der Waals surface area contributed by atoms with Crippen LogP contribution in [0.25, 0.3) is 0 Å². The lowest BCUT2D eigenvalue weighted by Crippen LogP contribution is -2.40. The Labute approximate surface area is 139 Å². The fourth-order valence-corrected chi connectivity index (χ4v) is 4.78. The number of halogens is 1. The highest BCUT2D eigenvalue weighted by atomic mass is 35.5. The predicted octanol–water partition coefficient (Wildman–Crippen LogP) is 0.996. The molecule has 2 heterocycles. The Kier molecular flexibility index (Phi) is 4.33. The van der Waals surface area contributed by atoms with Crippen molar-refractivity contribution in [1.29, 1.82) is 0 Å². The highest BCUT2D eigenvalue weighted by molar-refractivity contribution is 7.91. The van der Waals surface area contributed by atoms with Crippen LogP contribution in [0.1, 0.15) is 12.8 Å². The lowest BCUT2D eigenvalue weighted by Gasteiger charge is -2.18. The Morgan fingerprint density at radius 3 is 2.57 bits per heavy atom. The molecule has 0 aromatic heterocycles. The maximum Gasteiger partial charge on any atom is 0.227 e. The molecule has 6 nitrogen and oxygen atoms in total. The Morgan fingerprint density at radius 1 is 1.26 bits per heavy atom. The van der Waals surface area contributed by atoms with Gasteiger partial charge in [0.15, 0.2) is 9.84 Å². The van der Waals surface area contributed by atoms with Gasteiger partial charge in [-0.05, 0) is 30.7 Å². The molecule has 2 fully saturated rings. The number of benzene rings is 1. The summed E-state index contributed by atoms with van der Waals surface area (Å²) in [6.45, 7) is 0.297. The van der Waals surface area contributed by atoms with Crippen LogP contribution < -0.4 is 10.2 Å². The second-order valence-electron chi connectivity index (χ2n) is 5.99. The molecule has 8 heteroatoms. The van der Waals surface area contributed by atoms with Gasteiger partial charge in [-0.1, -0.05) is 11.6 Å². The van der Waals surface area contributed by atoms with Crippen LogP contribution in [-0.4, -0.2) is 44.3 Å². The second-order valence-corrected chi connectivity index (χ2v) is 8.66. The van der Waals surface area contributed by atoms with E-state index < -0.39 is 15.8 Å². The van der Waals surface area contributed by atoms with Crippen LogP contribution >= 0.6 is 11.6 Å². The number of nitrogens with one attached hydrogen (secondary N) is 1. The number of amides is 2. The smallest absolute Gasteiger partial charge is 0.227 e. The van der Waals surface area contributed by atoms with Crippen LogP contribution in [0, 0.1) is 5.92 Å². The summed E-state index contributed by atoms with van der Waals surface area (Å²) in [5.74, 6) is -0.733. The number of carbonyl (C=O) groups is 2. The molecule has 0 saturated carbocycles. The lowest BCUT2D eigenvalue weighted by molar-refractivity contribution is -0.126. The van der Waals surface area contributed by atoms with Crippen molar-refractivity contribution in [2.24, 2.45) is 5.92 Å². The van der Waals surface area contributed by atoms with Gasteiger partial charge in [-0.2, -0.15) is 0 Å². The van der Waals surface area contributed by atoms with Crippen molar-refractivity contribution < 1.29 is 18.0 Å². The van der Waals surface area contributed by atoms with E-state index in [9.17, 15) is 18.0 Å². The monoisotopic (exact) mass is 356 g/mol. The van der Waals surface area contributed by atoms with Crippen LogP contribution in [0.15, 0.2) is 24.3 Å². The molecule has 1 aromatic rings. The minimum atomic E-state index is -3.04. The minimum absolute atomic E-state index is 0.0136. The predicted molar refractivity (Wildman–Crippen MR) is 87.1 cm³/mol. The molecule has 124 valence electrons. The number of rotatable bonds is 3. The van der Waals surface area contributed by atoms with Crippen LogP contribution in [0.4, 0.5) is 5.69 Å². The van der Waals surface area contributed by atoms with Gasteiger partial charge in [-0.15, -0.1) is 0 Å². The van der Waals surface area contributed by atoms with Crippen molar-refractivity contribution >= 4 is 38.9 Å². The van der Waals surface area contributed by atoms with E-state index in [2.05, 4.69) is 5.32 Å². The quantitative estimate of drug-likeness (QED) is 0.875. The van der Waals surface area contributed by atoms with Gasteiger partial charge < -0.3 is 10.2 Å². The van der Waals surface area contributed by atoms with Gasteiger partial charge in [0.1, 0.15) is 0 Å². The summed E-state index contributed by atoms with van der Waals surface area (Å²) >= 11 is 5.84. The van der Waals surface area contributed by atoms with Gasteiger partial charge >= 0.3 is 0 Å². The van der Waals surface area contributed by atoms with Crippen LogP contribution in [0.3, 0.4) is 0 Å². The molecule has 2 unspecified atom stereocenters. The number of carbonyl (C=O) groups excluding carboxylic acids is 2. The van der Waals surface area contributed by atoms with Crippen LogP contribution in [0.2, 0.25) is 5.02 Å². The van der Waals surface area contributed by atoms with Crippen molar-refractivity contribution in [2.75, 3.05) is 23.0 Å². The van der Waals surface area contributed by atoms with E-state index >= 15 is 0 Å². The molecule has 3 rings (SSSR count). The zero-order chi connectivity index (χ0) is 16.6. The maximum atomic E-state index is 12.3. The highest BCUT2D eigenvalue weighted by Gasteiger charge is 2.37. The third-order valence-corrected chi connectivity index (χ3v) is 6.23. The summed E-state index contributed by atoms with van der Waals surface area (Å²) < 4.78 is 22.9. The maximum absolute atomic E-state index is 12.3. The number of hydrogen-bond donors (Lipinski definition) is 1. The van der Waals surface area contributed by atoms with Gasteiger partial charge in [0.2, 0.25) is 11.8 Å². The third kappa shape index (κ3) is 3.67. The largest absolute Gasteiger partial charge is 0.352 e. The average molecular weight is 357 g/mol. The molecule has 23 heavy (non-hydrogen) atoms. The van der Waals surface area contributed by atoms with Crippen molar-refractivity contribution in [3.05, 3.63) is 29.3 Å². The molecule has 0 radical (unpaired) electrons. The Balaban J connectivity index is 1.63. The summed E-state index contributed by atoms with van der Waals surface area (Å²) in [5, 5.41) is 3.34. The zero-order valence-corrected chi connectivity index (χ0v) is 13.9. The van der Waals surface area contributed by atoms with Crippen molar-refractivity contribution in [2.45, 2.75) is 18.9 Å². The standard InChI is InChI=1S/C15H17ClN2O4S/c16-11-1-3-13(4-2-11)18-8-10(7-14(18)19)15(20)17-12-5-6-23(21,22)9-12/h1-4,10,12H,5-9H2,(H,17,20). The molecule has 0 spiro atoms. The molecule has 2 aliphatic rings. The first-order valence-corrected chi connectivity index (χ1v) is 9.61. The Morgan fingerprint density at radius 2 is 1.96 bits per heavy atom. The van der Waals surface area contributed by atoms with Crippen molar-refractivity contribution in [3.8, 4) is 0 Å². The molecule has 1 N–H and O–H groups in total. The lowest BCUT2D eigenvalue weighted by atomic mass is 10.1. The molecule has 1 aromatic carbocycles. The molecule has 2 saturated heterocycles. The second kappa shape index (κ2) is 6.13. The number of hydrogen-bond acceptors (Lipinski definition) is 4. The Hall–Kier alpha value is -1.60. The minimum Gasteiger partial charge on any atom is -0.352 e. The molecular formula is C15H17ClN2O4S. The van der Waals surface area contributed by atoms with Gasteiger partial charge in [-0.25, -0.2) is 8.42 Å². The molecule has 2 atom stereocenters. The molecule has 0 bridgehead atoms. The first-order chi connectivity index (χ1) is 10.8. The van der Waals surface area contributed by atoms with Gasteiger partial charge in [-0.3, -0.25) is 9.59 Å². The number of nitrogens with zero attached hydrogens (tertiary/aromatic N) is 1. The summed E-state index contributed by atoms with van der Waals surface area (Å²) in [6, 6.07) is 6.53. The summed E-state index contributed by atoms with van der Waals surface area (Å²) in [5.41, 5.74) is 0.707. The van der Waals surface area contributed by atoms with Gasteiger partial charge in [0, 0.05) is 29.7 Å². The van der Waals surface area contributed by atoms with E-state index in [0.29, 0.717) is 23.7 Å². The van der Waals surface area contributed by atoms with E-state index in [0.717, 1.165) is 0 Å². The van der Waals surface area contributed by atoms with Crippen LogP contribution in [0.5, 0.6) is 0 Å². The normalized spacial score (nSPS) is 26.5. The Bertz CT molecular complexity index is 732. The third-order valence-electron chi connectivity index (χ3n) is 4.21. The zero-order valence-electron chi connectivity index (χ0n) is 12.4. The molecule has 0 aliphatic carbocycles. The highest BCUT2D eigenvalue weighted by Crippen LogP contribution is 2.26. The summed E-state index contributed by atoms with van der Waals surface area (Å²) in [4.78, 5) is 26.0. The first kappa shape index (κ1) is 16.3. The topological polar surface area (TPSA) is 83.5 Å². The van der Waals surface area contributed by atoms with E-state index in [1.165, 1.54) is 0 Å². The van der Waals surface area contributed by atoms with E-state index in [1.807, 2.05) is 0 Å². The van der Waals surface area contributed by atoms with Crippen LogP contribution in [-0.2, 0) is 19.4 Å². The molecule has 2 amide bonds. The van der Waals surface area contributed by atoms with Crippen molar-refractivity contribution in [1.82, 2.24) is 5.32 Å². The van der Waals surface area contributed by atoms with Gasteiger partial charge in [0.05, 0.1) is 17.4 Å². The fourth-order valence-electron chi connectivity index (χ4n) is 2.98. The van der Waals surface area contributed by atoms with E-state index in [1.54, 1.807) is 29.2 Å². The van der Waals surface area contributed by atoms with E-state index in [4.69, 9.17) is 11.6 Å². The summed E-state index contributed by atoms with van der Waals surface area (Å²) in [7, 11) is -3.04. The molecular weight excluding hydrogens is 340 g/mol. The average Bonchev–Trinajstić information content (AvgIpc) is 3.03. The molecule has 2 aliphatic heterocycles. The number of anilines is 1.